The van der Waals surface area contributed by atoms with E-state index in [9.17, 15) is 23.4 Å². The lowest BCUT2D eigenvalue weighted by Crippen LogP contribution is -2.10. The van der Waals surface area contributed by atoms with Crippen LogP contribution in [0.25, 0.3) is 0 Å². The fourth-order valence-electron chi connectivity index (χ4n) is 3.39. The molecule has 2 nitrogen and oxygen atoms in total. The molecule has 26 heavy (non-hydrogen) atoms. The first-order valence-corrected chi connectivity index (χ1v) is 9.27. The van der Waals surface area contributed by atoms with Gasteiger partial charge in [-0.3, -0.25) is 0 Å². The molecule has 5 heteroatoms. The highest BCUT2D eigenvalue weighted by atomic mass is 19.4. The number of aliphatic hydroxyl groups is 1. The molecule has 2 rings (SSSR count). The lowest BCUT2D eigenvalue weighted by Gasteiger charge is -2.23. The number of hydrogen-bond acceptors (Lipinski definition) is 2. The van der Waals surface area contributed by atoms with Crippen molar-refractivity contribution < 1.29 is 23.4 Å². The van der Waals surface area contributed by atoms with Gasteiger partial charge in [-0.1, -0.05) is 43.0 Å². The van der Waals surface area contributed by atoms with E-state index in [-0.39, 0.29) is 18.1 Å². The first kappa shape index (κ1) is 20.4. The topological polar surface area (TPSA) is 40.5 Å². The van der Waals surface area contributed by atoms with E-state index in [0.717, 1.165) is 37.7 Å². The summed E-state index contributed by atoms with van der Waals surface area (Å²) in [7, 11) is 0. The number of alkyl halides is 3. The summed E-state index contributed by atoms with van der Waals surface area (Å²) in [5, 5.41) is 19.1. The molecular weight excluding hydrogens is 341 g/mol. The zero-order valence-corrected chi connectivity index (χ0v) is 14.9. The number of phenols is 1. The Morgan fingerprint density at radius 1 is 0.885 bits per heavy atom. The van der Waals surface area contributed by atoms with E-state index in [0.29, 0.717) is 18.6 Å². The summed E-state index contributed by atoms with van der Waals surface area (Å²) in [5.74, 6) is 0.891. The van der Waals surface area contributed by atoms with Crippen LogP contribution in [0.2, 0.25) is 0 Å². The van der Waals surface area contributed by atoms with Gasteiger partial charge in [0, 0.05) is 12.8 Å². The second-order valence-corrected chi connectivity index (χ2v) is 7.04. The molecule has 1 unspecified atom stereocenters. The van der Waals surface area contributed by atoms with Gasteiger partial charge >= 0.3 is 6.18 Å². The summed E-state index contributed by atoms with van der Waals surface area (Å²) in [5.41, 5.74) is 2.43. The highest BCUT2D eigenvalue weighted by Crippen LogP contribution is 2.32. The molecule has 144 valence electrons. The Balaban J connectivity index is 1.76. The molecule has 0 amide bonds. The van der Waals surface area contributed by atoms with E-state index >= 15 is 0 Å². The Kier molecular flexibility index (Phi) is 7.61. The van der Waals surface area contributed by atoms with Crippen LogP contribution in [-0.2, 0) is 6.42 Å². The van der Waals surface area contributed by atoms with Crippen molar-refractivity contribution in [1.82, 2.24) is 0 Å². The van der Waals surface area contributed by atoms with E-state index < -0.39 is 12.6 Å². The van der Waals surface area contributed by atoms with Crippen LogP contribution in [-0.4, -0.2) is 16.4 Å². The largest absolute Gasteiger partial charge is 0.512 e. The Labute approximate surface area is 153 Å². The molecule has 1 aromatic carbocycles. The SMILES string of the molecule is OC1=CC=C(CCc2ccc(O)cc2)C(CCCCCCC(F)(F)F)C1. The number of aromatic hydroxyl groups is 1. The molecule has 0 heterocycles. The number of hydrogen-bond donors (Lipinski definition) is 2. The van der Waals surface area contributed by atoms with Gasteiger partial charge in [0.05, 0.1) is 5.76 Å². The van der Waals surface area contributed by atoms with E-state index in [1.54, 1.807) is 18.2 Å². The Bertz CT molecular complexity index is 615. The molecule has 1 aliphatic carbocycles. The van der Waals surface area contributed by atoms with Crippen LogP contribution < -0.4 is 0 Å². The van der Waals surface area contributed by atoms with E-state index in [2.05, 4.69) is 0 Å². The Morgan fingerprint density at radius 3 is 2.27 bits per heavy atom. The van der Waals surface area contributed by atoms with Gasteiger partial charge in [0.1, 0.15) is 5.75 Å². The number of allylic oxidation sites excluding steroid dienone is 4. The third-order valence-electron chi connectivity index (χ3n) is 4.87. The molecule has 0 fully saturated rings. The number of benzene rings is 1. The van der Waals surface area contributed by atoms with Crippen LogP contribution in [0.4, 0.5) is 13.2 Å². The average molecular weight is 368 g/mol. The first-order valence-electron chi connectivity index (χ1n) is 9.27. The van der Waals surface area contributed by atoms with Gasteiger partial charge in [0.15, 0.2) is 0 Å². The van der Waals surface area contributed by atoms with Gasteiger partial charge in [-0.05, 0) is 55.4 Å². The van der Waals surface area contributed by atoms with E-state index in [1.807, 2.05) is 18.2 Å². The molecular formula is C21H27F3O2. The predicted octanol–water partition coefficient (Wildman–Crippen LogP) is 6.62. The first-order chi connectivity index (χ1) is 12.3. The number of unbranched alkanes of at least 4 members (excludes halogenated alkanes) is 3. The monoisotopic (exact) mass is 368 g/mol. The van der Waals surface area contributed by atoms with E-state index in [1.165, 1.54) is 5.57 Å². The quantitative estimate of drug-likeness (QED) is 0.481. The minimum absolute atomic E-state index is 0.197. The summed E-state index contributed by atoms with van der Waals surface area (Å²) < 4.78 is 36.4. The summed E-state index contributed by atoms with van der Waals surface area (Å²) in [6, 6.07) is 7.16. The van der Waals surface area contributed by atoms with Crippen LogP contribution in [0, 0.1) is 5.92 Å². The summed E-state index contributed by atoms with van der Waals surface area (Å²) >= 11 is 0. The normalized spacial score (nSPS) is 17.7. The van der Waals surface area contributed by atoms with Gasteiger partial charge in [-0.15, -0.1) is 0 Å². The Morgan fingerprint density at radius 2 is 1.58 bits per heavy atom. The molecule has 1 aromatic rings. The average Bonchev–Trinajstić information content (AvgIpc) is 2.57. The van der Waals surface area contributed by atoms with Crippen molar-refractivity contribution in [2.75, 3.05) is 0 Å². The van der Waals surface area contributed by atoms with Gasteiger partial charge in [-0.25, -0.2) is 0 Å². The molecule has 0 bridgehead atoms. The number of rotatable bonds is 9. The molecule has 1 atom stereocenters. The van der Waals surface area contributed by atoms with Crippen LogP contribution in [0.15, 0.2) is 47.7 Å². The van der Waals surface area contributed by atoms with Crippen LogP contribution in [0.1, 0.15) is 56.9 Å². The van der Waals surface area contributed by atoms with Gasteiger partial charge in [0.2, 0.25) is 0 Å². The van der Waals surface area contributed by atoms with Gasteiger partial charge in [-0.2, -0.15) is 13.2 Å². The number of phenolic OH excluding ortho intramolecular Hbond substituents is 1. The molecule has 0 saturated heterocycles. The maximum atomic E-state index is 12.1. The van der Waals surface area contributed by atoms with Crippen LogP contribution in [0.5, 0.6) is 5.75 Å². The zero-order valence-electron chi connectivity index (χ0n) is 14.9. The highest BCUT2D eigenvalue weighted by Gasteiger charge is 2.25. The number of aliphatic hydroxyl groups excluding tert-OH is 1. The second-order valence-electron chi connectivity index (χ2n) is 7.04. The smallest absolute Gasteiger partial charge is 0.389 e. The summed E-state index contributed by atoms with van der Waals surface area (Å²) in [6.07, 6.45) is 4.70. The number of aryl methyl sites for hydroxylation is 1. The van der Waals surface area contributed by atoms with Gasteiger partial charge in [0.25, 0.3) is 0 Å². The standard InChI is InChI=1S/C21H27F3O2/c22-21(23,24)14-4-2-1-3-5-18-15-20(26)13-10-17(18)9-6-16-7-11-19(25)12-8-16/h7-8,10-13,18,25-26H,1-6,9,14-15H2. The van der Waals surface area contributed by atoms with Crippen molar-refractivity contribution in [1.29, 1.82) is 0 Å². The van der Waals surface area contributed by atoms with Crippen LogP contribution >= 0.6 is 0 Å². The van der Waals surface area contributed by atoms with Gasteiger partial charge < -0.3 is 10.2 Å². The third kappa shape index (κ3) is 7.54. The lowest BCUT2D eigenvalue weighted by molar-refractivity contribution is -0.135. The molecule has 0 radical (unpaired) electrons. The summed E-state index contributed by atoms with van der Waals surface area (Å²) in [6.45, 7) is 0. The Hall–Kier alpha value is -1.91. The number of halogens is 3. The van der Waals surface area contributed by atoms with E-state index in [4.69, 9.17) is 0 Å². The van der Waals surface area contributed by atoms with Crippen molar-refractivity contribution >= 4 is 0 Å². The molecule has 2 N–H and O–H groups in total. The fourth-order valence-corrected chi connectivity index (χ4v) is 3.39. The van der Waals surface area contributed by atoms with Crippen LogP contribution in [0.3, 0.4) is 0 Å². The molecule has 1 aliphatic rings. The van der Waals surface area contributed by atoms with Crippen molar-refractivity contribution in [3.8, 4) is 5.75 Å². The zero-order chi connectivity index (χ0) is 19.0. The van der Waals surface area contributed by atoms with Crippen molar-refractivity contribution in [3.63, 3.8) is 0 Å². The van der Waals surface area contributed by atoms with Crippen molar-refractivity contribution in [2.45, 2.75) is 64.0 Å². The van der Waals surface area contributed by atoms with Crippen molar-refractivity contribution in [3.05, 3.63) is 53.3 Å². The molecule has 0 saturated carbocycles. The molecule has 0 spiro atoms. The summed E-state index contributed by atoms with van der Waals surface area (Å²) in [4.78, 5) is 0. The fraction of sp³-hybridized carbons (Fsp3) is 0.524. The highest BCUT2D eigenvalue weighted by molar-refractivity contribution is 5.28. The minimum Gasteiger partial charge on any atom is -0.512 e. The maximum absolute atomic E-state index is 12.1. The predicted molar refractivity (Wildman–Crippen MR) is 97.1 cm³/mol. The van der Waals surface area contributed by atoms with Crippen molar-refractivity contribution in [2.24, 2.45) is 5.92 Å². The second kappa shape index (κ2) is 9.70. The lowest BCUT2D eigenvalue weighted by atomic mass is 9.83. The molecule has 0 aliphatic heterocycles. The molecule has 0 aromatic heterocycles. The maximum Gasteiger partial charge on any atom is 0.389 e. The third-order valence-corrected chi connectivity index (χ3v) is 4.87. The minimum atomic E-state index is -4.05.